The van der Waals surface area contributed by atoms with E-state index >= 15 is 0 Å². The summed E-state index contributed by atoms with van der Waals surface area (Å²) in [5, 5.41) is 0. The Morgan fingerprint density at radius 2 is 0.660 bits per heavy atom. The summed E-state index contributed by atoms with van der Waals surface area (Å²) in [5.74, 6) is 1.83. The van der Waals surface area contributed by atoms with Gasteiger partial charge < -0.3 is 4.74 Å². The molecule has 0 saturated carbocycles. The molecule has 1 heterocycles. The standard InChI is InChI=1S/C48H33BO/c1-4-14-34(15-5-1)41-30-42(35-16-6-2-7-17-35)32-43(31-41)39-21-13-19-37(29-39)36-18-12-20-38(28-36)40-26-27-46-48(33-40)50-47-25-11-10-24-45(47)49(46)44-22-8-3-9-23-44/h1-33H. The first-order chi connectivity index (χ1) is 24.8. The van der Waals surface area contributed by atoms with Crippen LogP contribution in [0.15, 0.2) is 200 Å². The highest BCUT2D eigenvalue weighted by atomic mass is 16.5. The highest BCUT2D eigenvalue weighted by Crippen LogP contribution is 2.36. The Bertz CT molecular complexity index is 2390. The highest BCUT2D eigenvalue weighted by molar-refractivity contribution is 6.96. The van der Waals surface area contributed by atoms with Gasteiger partial charge in [0.25, 0.3) is 6.71 Å². The molecule has 0 spiro atoms. The van der Waals surface area contributed by atoms with Crippen molar-refractivity contribution in [3.05, 3.63) is 200 Å². The lowest BCUT2D eigenvalue weighted by atomic mass is 9.36. The van der Waals surface area contributed by atoms with Gasteiger partial charge in [-0.25, -0.2) is 0 Å². The molecule has 0 bridgehead atoms. The first-order valence-corrected chi connectivity index (χ1v) is 17.2. The summed E-state index contributed by atoms with van der Waals surface area (Å²) in [7, 11) is 0. The van der Waals surface area contributed by atoms with Crippen LogP contribution in [0.5, 0.6) is 11.5 Å². The van der Waals surface area contributed by atoms with Crippen LogP contribution in [0.1, 0.15) is 0 Å². The van der Waals surface area contributed by atoms with Gasteiger partial charge in [-0.3, -0.25) is 0 Å². The van der Waals surface area contributed by atoms with Gasteiger partial charge >= 0.3 is 0 Å². The van der Waals surface area contributed by atoms with E-state index in [0.717, 1.165) is 22.6 Å². The second kappa shape index (κ2) is 12.9. The summed E-state index contributed by atoms with van der Waals surface area (Å²) in [5.41, 5.74) is 15.5. The van der Waals surface area contributed by atoms with Gasteiger partial charge in [-0.05, 0) is 109 Å². The Morgan fingerprint density at radius 1 is 0.260 bits per heavy atom. The minimum Gasteiger partial charge on any atom is -0.458 e. The molecule has 0 aromatic heterocycles. The van der Waals surface area contributed by atoms with Gasteiger partial charge in [0, 0.05) is 0 Å². The van der Waals surface area contributed by atoms with Crippen LogP contribution < -0.4 is 21.1 Å². The van der Waals surface area contributed by atoms with Crippen molar-refractivity contribution in [3.8, 4) is 67.1 Å². The number of hydrogen-bond acceptors (Lipinski definition) is 1. The number of hydrogen-bond donors (Lipinski definition) is 0. The van der Waals surface area contributed by atoms with E-state index in [4.69, 9.17) is 4.74 Å². The van der Waals surface area contributed by atoms with E-state index in [9.17, 15) is 0 Å². The lowest BCUT2D eigenvalue weighted by Gasteiger charge is -2.27. The van der Waals surface area contributed by atoms with Crippen molar-refractivity contribution in [2.45, 2.75) is 0 Å². The second-order valence-corrected chi connectivity index (χ2v) is 12.9. The predicted octanol–water partition coefficient (Wildman–Crippen LogP) is 10.6. The summed E-state index contributed by atoms with van der Waals surface area (Å²) in [4.78, 5) is 0. The smallest absolute Gasteiger partial charge is 0.250 e. The molecule has 1 aliphatic heterocycles. The summed E-state index contributed by atoms with van der Waals surface area (Å²) in [6, 6.07) is 71.8. The first-order valence-electron chi connectivity index (χ1n) is 17.2. The van der Waals surface area contributed by atoms with Crippen molar-refractivity contribution in [1.82, 2.24) is 0 Å². The van der Waals surface area contributed by atoms with Gasteiger partial charge in [0.05, 0.1) is 0 Å². The van der Waals surface area contributed by atoms with E-state index in [1.807, 2.05) is 6.07 Å². The van der Waals surface area contributed by atoms with E-state index in [-0.39, 0.29) is 6.71 Å². The van der Waals surface area contributed by atoms with Crippen LogP contribution in [0.3, 0.4) is 0 Å². The highest BCUT2D eigenvalue weighted by Gasteiger charge is 2.32. The number of fused-ring (bicyclic) bond motifs is 2. The molecule has 1 nitrogen and oxygen atoms in total. The van der Waals surface area contributed by atoms with Gasteiger partial charge in [-0.1, -0.05) is 163 Å². The van der Waals surface area contributed by atoms with Crippen molar-refractivity contribution in [2.24, 2.45) is 0 Å². The van der Waals surface area contributed by atoms with E-state index in [1.54, 1.807) is 0 Å². The minimum atomic E-state index is 0.127. The zero-order valence-electron chi connectivity index (χ0n) is 27.5. The Morgan fingerprint density at radius 3 is 1.24 bits per heavy atom. The number of ether oxygens (including phenoxy) is 1. The van der Waals surface area contributed by atoms with E-state index in [2.05, 4.69) is 194 Å². The molecule has 1 aliphatic rings. The van der Waals surface area contributed by atoms with Crippen LogP contribution in [0.4, 0.5) is 0 Å². The number of benzene rings is 8. The molecule has 8 aromatic rings. The molecule has 8 aromatic carbocycles. The van der Waals surface area contributed by atoms with E-state index in [1.165, 1.54) is 60.9 Å². The third kappa shape index (κ3) is 5.72. The van der Waals surface area contributed by atoms with Gasteiger partial charge in [0.15, 0.2) is 0 Å². The zero-order valence-corrected chi connectivity index (χ0v) is 27.5. The third-order valence-corrected chi connectivity index (χ3v) is 9.78. The molecule has 0 saturated heterocycles. The Labute approximate surface area is 294 Å². The molecule has 0 N–H and O–H groups in total. The number of para-hydroxylation sites is 1. The molecule has 50 heavy (non-hydrogen) atoms. The number of rotatable bonds is 6. The van der Waals surface area contributed by atoms with Gasteiger partial charge in [-0.15, -0.1) is 0 Å². The average Bonchev–Trinajstić information content (AvgIpc) is 3.20. The maximum Gasteiger partial charge on any atom is 0.250 e. The van der Waals surface area contributed by atoms with Crippen LogP contribution in [0.25, 0.3) is 55.6 Å². The van der Waals surface area contributed by atoms with Crippen molar-refractivity contribution in [1.29, 1.82) is 0 Å². The van der Waals surface area contributed by atoms with Gasteiger partial charge in [0.2, 0.25) is 0 Å². The van der Waals surface area contributed by atoms with E-state index in [0.29, 0.717) is 0 Å². The fourth-order valence-corrected chi connectivity index (χ4v) is 7.29. The second-order valence-electron chi connectivity index (χ2n) is 12.9. The molecule has 0 amide bonds. The topological polar surface area (TPSA) is 9.23 Å². The summed E-state index contributed by atoms with van der Waals surface area (Å²) in [6.07, 6.45) is 0. The molecular formula is C48H33BO. The molecule has 0 fully saturated rings. The van der Waals surface area contributed by atoms with Crippen molar-refractivity contribution < 1.29 is 4.74 Å². The molecule has 9 rings (SSSR count). The SMILES string of the molecule is c1ccc(B2c3ccccc3Oc3cc(-c4cccc(-c5cccc(-c6cc(-c7ccccc7)cc(-c7ccccc7)c6)c5)c4)ccc32)cc1. The van der Waals surface area contributed by atoms with Crippen LogP contribution in [-0.2, 0) is 0 Å². The molecule has 0 unspecified atom stereocenters. The lowest BCUT2D eigenvalue weighted by Crippen LogP contribution is -2.54. The summed E-state index contributed by atoms with van der Waals surface area (Å²) < 4.78 is 6.55. The summed E-state index contributed by atoms with van der Waals surface area (Å²) in [6.45, 7) is 0.127. The van der Waals surface area contributed by atoms with Crippen molar-refractivity contribution >= 4 is 23.1 Å². The minimum absolute atomic E-state index is 0.127. The average molecular weight is 637 g/mol. The molecular weight excluding hydrogens is 603 g/mol. The quantitative estimate of drug-likeness (QED) is 0.165. The zero-order chi connectivity index (χ0) is 33.3. The van der Waals surface area contributed by atoms with Gasteiger partial charge in [0.1, 0.15) is 11.5 Å². The fraction of sp³-hybridized carbons (Fsp3) is 0. The van der Waals surface area contributed by atoms with E-state index < -0.39 is 0 Å². The van der Waals surface area contributed by atoms with Crippen LogP contribution in [-0.4, -0.2) is 6.71 Å². The maximum absolute atomic E-state index is 6.55. The Balaban J connectivity index is 1.08. The molecule has 0 atom stereocenters. The van der Waals surface area contributed by atoms with Gasteiger partial charge in [-0.2, -0.15) is 0 Å². The Hall–Kier alpha value is -6.38. The predicted molar refractivity (Wildman–Crippen MR) is 211 cm³/mol. The molecule has 0 radical (unpaired) electrons. The maximum atomic E-state index is 6.55. The van der Waals surface area contributed by atoms with Crippen LogP contribution in [0.2, 0.25) is 0 Å². The van der Waals surface area contributed by atoms with Crippen LogP contribution in [0, 0.1) is 0 Å². The summed E-state index contributed by atoms with van der Waals surface area (Å²) >= 11 is 0. The largest absolute Gasteiger partial charge is 0.458 e. The molecule has 2 heteroatoms. The normalized spacial score (nSPS) is 11.7. The van der Waals surface area contributed by atoms with Crippen molar-refractivity contribution in [3.63, 3.8) is 0 Å². The van der Waals surface area contributed by atoms with Crippen LogP contribution >= 0.6 is 0 Å². The first kappa shape index (κ1) is 29.7. The fourth-order valence-electron chi connectivity index (χ4n) is 7.29. The molecule has 234 valence electrons. The molecule has 0 aliphatic carbocycles. The Kier molecular flexibility index (Phi) is 7.68. The lowest BCUT2D eigenvalue weighted by molar-refractivity contribution is 0.487. The third-order valence-electron chi connectivity index (χ3n) is 9.78. The monoisotopic (exact) mass is 636 g/mol. The van der Waals surface area contributed by atoms with Crippen molar-refractivity contribution in [2.75, 3.05) is 0 Å².